The van der Waals surface area contributed by atoms with Gasteiger partial charge in [-0.2, -0.15) is 4.57 Å². The van der Waals surface area contributed by atoms with Crippen molar-refractivity contribution in [1.82, 2.24) is 4.98 Å². The third-order valence-corrected chi connectivity index (χ3v) is 3.40. The maximum atomic E-state index is 6.05. The maximum Gasteiger partial charge on any atom is 0.254 e. The molecule has 0 aliphatic heterocycles. The van der Waals surface area contributed by atoms with E-state index in [9.17, 15) is 0 Å². The summed E-state index contributed by atoms with van der Waals surface area (Å²) in [5.74, 6) is 0. The van der Waals surface area contributed by atoms with Crippen LogP contribution in [-0.2, 0) is 0 Å². The van der Waals surface area contributed by atoms with Crippen LogP contribution in [0.2, 0.25) is 20.4 Å². The fourth-order valence-electron chi connectivity index (χ4n) is 1.25. The Hall–Kier alpha value is -0.250. The van der Waals surface area contributed by atoms with Crippen LogP contribution >= 0.6 is 46.4 Å². The molecular formula is C10H5Cl5N2. The molecule has 0 aliphatic carbocycles. The molecule has 2 aromatic rings. The predicted octanol–water partition coefficient (Wildman–Crippen LogP) is 0.976. The molecule has 2 heterocycles. The van der Waals surface area contributed by atoms with Gasteiger partial charge in [0, 0.05) is 12.1 Å². The second-order valence-corrected chi connectivity index (χ2v) is 4.42. The molecule has 0 amide bonds. The van der Waals surface area contributed by atoms with Gasteiger partial charge in [0.2, 0.25) is 0 Å². The van der Waals surface area contributed by atoms with E-state index in [1.54, 1.807) is 17.0 Å². The van der Waals surface area contributed by atoms with Crippen LogP contribution in [0.5, 0.6) is 0 Å². The Morgan fingerprint density at radius 2 is 1.29 bits per heavy atom. The van der Waals surface area contributed by atoms with Crippen LogP contribution in [0.25, 0.3) is 5.69 Å². The van der Waals surface area contributed by atoms with Gasteiger partial charge in [-0.05, 0) is 0 Å². The number of hydrogen-bond acceptors (Lipinski definition) is 1. The Labute approximate surface area is 125 Å². The van der Waals surface area contributed by atoms with Crippen LogP contribution < -0.4 is 17.0 Å². The Kier molecular flexibility index (Phi) is 5.29. The summed E-state index contributed by atoms with van der Waals surface area (Å²) >= 11 is 23.8. The van der Waals surface area contributed by atoms with Crippen molar-refractivity contribution in [3.63, 3.8) is 0 Å². The lowest BCUT2D eigenvalue weighted by Gasteiger charge is -2.03. The standard InChI is InChI=1S/C10H5Cl4N2.ClH/c11-6-8(16-4-2-1-3-5-16)7(12)10(14)15-9(6)13;/h1-5H;1H/q+1;/p-1. The molecule has 2 nitrogen and oxygen atoms in total. The van der Waals surface area contributed by atoms with E-state index in [1.807, 2.05) is 18.2 Å². The lowest BCUT2D eigenvalue weighted by atomic mass is 10.3. The normalized spacial score (nSPS) is 9.88. The average Bonchev–Trinajstić information content (AvgIpc) is 2.28. The number of nitrogens with zero attached hydrogens (tertiary/aromatic N) is 2. The summed E-state index contributed by atoms with van der Waals surface area (Å²) in [6.45, 7) is 0. The number of halogens is 5. The van der Waals surface area contributed by atoms with Gasteiger partial charge in [-0.25, -0.2) is 4.98 Å². The highest BCUT2D eigenvalue weighted by atomic mass is 35.5. The van der Waals surface area contributed by atoms with E-state index in [0.717, 1.165) is 0 Å². The van der Waals surface area contributed by atoms with Crippen LogP contribution in [0.4, 0.5) is 0 Å². The van der Waals surface area contributed by atoms with E-state index in [-0.39, 0.29) is 32.8 Å². The number of rotatable bonds is 1. The molecule has 90 valence electrons. The highest BCUT2D eigenvalue weighted by Crippen LogP contribution is 2.34. The molecule has 0 atom stereocenters. The Morgan fingerprint density at radius 1 is 0.824 bits per heavy atom. The Bertz CT molecular complexity index is 504. The third-order valence-electron chi connectivity index (χ3n) is 1.95. The second-order valence-electron chi connectivity index (χ2n) is 2.95. The topological polar surface area (TPSA) is 16.8 Å². The van der Waals surface area contributed by atoms with Gasteiger partial charge in [0.25, 0.3) is 5.69 Å². The predicted molar refractivity (Wildman–Crippen MR) is 65.8 cm³/mol. The van der Waals surface area contributed by atoms with Crippen molar-refractivity contribution >= 4 is 46.4 Å². The highest BCUT2D eigenvalue weighted by Gasteiger charge is 2.23. The molecule has 0 unspecified atom stereocenters. The first-order chi connectivity index (χ1) is 7.61. The average molecular weight is 330 g/mol. The molecule has 0 spiro atoms. The van der Waals surface area contributed by atoms with Crippen molar-refractivity contribution in [3.05, 3.63) is 50.9 Å². The zero-order chi connectivity index (χ0) is 11.7. The molecule has 0 N–H and O–H groups in total. The van der Waals surface area contributed by atoms with Crippen LogP contribution in [-0.4, -0.2) is 4.98 Å². The molecule has 0 saturated heterocycles. The third kappa shape index (κ3) is 2.95. The maximum absolute atomic E-state index is 6.05. The summed E-state index contributed by atoms with van der Waals surface area (Å²) in [5.41, 5.74) is 0.522. The minimum absolute atomic E-state index is 0. The van der Waals surface area contributed by atoms with Gasteiger partial charge in [-0.15, -0.1) is 0 Å². The smallest absolute Gasteiger partial charge is 0.254 e. The van der Waals surface area contributed by atoms with Crippen molar-refractivity contribution in [2.45, 2.75) is 0 Å². The molecule has 0 bridgehead atoms. The molecular weight excluding hydrogens is 325 g/mol. The van der Waals surface area contributed by atoms with Gasteiger partial charge in [0.05, 0.1) is 0 Å². The van der Waals surface area contributed by atoms with E-state index in [4.69, 9.17) is 46.4 Å². The van der Waals surface area contributed by atoms with Gasteiger partial charge in [0.1, 0.15) is 0 Å². The number of pyridine rings is 2. The quantitative estimate of drug-likeness (QED) is 0.563. The lowest BCUT2D eigenvalue weighted by molar-refractivity contribution is -0.595. The summed E-state index contributed by atoms with van der Waals surface area (Å²) in [4.78, 5) is 3.81. The van der Waals surface area contributed by atoms with E-state index < -0.39 is 0 Å². The molecule has 2 aromatic heterocycles. The highest BCUT2D eigenvalue weighted by molar-refractivity contribution is 6.47. The van der Waals surface area contributed by atoms with Gasteiger partial charge < -0.3 is 12.4 Å². The van der Waals surface area contributed by atoms with Crippen molar-refractivity contribution in [1.29, 1.82) is 0 Å². The van der Waals surface area contributed by atoms with E-state index in [1.165, 1.54) is 0 Å². The van der Waals surface area contributed by atoms with Crippen molar-refractivity contribution < 1.29 is 17.0 Å². The monoisotopic (exact) mass is 328 g/mol. The van der Waals surface area contributed by atoms with E-state index >= 15 is 0 Å². The fourth-order valence-corrected chi connectivity index (χ4v) is 2.16. The van der Waals surface area contributed by atoms with E-state index in [2.05, 4.69) is 4.98 Å². The second kappa shape index (κ2) is 6.07. The van der Waals surface area contributed by atoms with Crippen LogP contribution in [0.1, 0.15) is 0 Å². The summed E-state index contributed by atoms with van der Waals surface area (Å²) in [5, 5.41) is 0.796. The Balaban J connectivity index is 0.00000144. The number of aromatic nitrogens is 2. The largest absolute Gasteiger partial charge is 1.00 e. The molecule has 0 aromatic carbocycles. The fraction of sp³-hybridized carbons (Fsp3) is 0. The van der Waals surface area contributed by atoms with Crippen LogP contribution in [0.15, 0.2) is 30.6 Å². The lowest BCUT2D eigenvalue weighted by Crippen LogP contribution is -3.00. The van der Waals surface area contributed by atoms with Crippen LogP contribution in [0, 0.1) is 0 Å². The first-order valence-electron chi connectivity index (χ1n) is 4.28. The van der Waals surface area contributed by atoms with Crippen LogP contribution in [0.3, 0.4) is 0 Å². The van der Waals surface area contributed by atoms with Gasteiger partial charge in [-0.3, -0.25) is 0 Å². The van der Waals surface area contributed by atoms with Gasteiger partial charge in [-0.1, -0.05) is 52.5 Å². The summed E-state index contributed by atoms with van der Waals surface area (Å²) in [6, 6.07) is 5.56. The molecule has 0 radical (unpaired) electrons. The minimum Gasteiger partial charge on any atom is -1.00 e. The molecule has 0 fully saturated rings. The summed E-state index contributed by atoms with van der Waals surface area (Å²) < 4.78 is 1.73. The van der Waals surface area contributed by atoms with Gasteiger partial charge >= 0.3 is 0 Å². The SMILES string of the molecule is Clc1nc(Cl)c(Cl)c(-[n+]2ccccc2)c1Cl.[Cl-]. The van der Waals surface area contributed by atoms with E-state index in [0.29, 0.717) is 5.69 Å². The zero-order valence-corrected chi connectivity index (χ0v) is 12.0. The molecule has 0 saturated carbocycles. The summed E-state index contributed by atoms with van der Waals surface area (Å²) in [7, 11) is 0. The zero-order valence-electron chi connectivity index (χ0n) is 8.17. The van der Waals surface area contributed by atoms with Crippen molar-refractivity contribution in [2.24, 2.45) is 0 Å². The number of hydrogen-bond donors (Lipinski definition) is 0. The Morgan fingerprint density at radius 3 is 1.76 bits per heavy atom. The van der Waals surface area contributed by atoms with Crippen molar-refractivity contribution in [2.75, 3.05) is 0 Å². The molecule has 7 heteroatoms. The molecule has 2 rings (SSSR count). The first kappa shape index (κ1) is 14.8. The summed E-state index contributed by atoms with van der Waals surface area (Å²) in [6.07, 6.45) is 3.58. The first-order valence-corrected chi connectivity index (χ1v) is 5.79. The molecule has 0 aliphatic rings. The van der Waals surface area contributed by atoms with Crippen molar-refractivity contribution in [3.8, 4) is 5.69 Å². The minimum atomic E-state index is 0. The molecule has 17 heavy (non-hydrogen) atoms. The van der Waals surface area contributed by atoms with Gasteiger partial charge in [0.15, 0.2) is 32.7 Å².